The van der Waals surface area contributed by atoms with Crippen molar-refractivity contribution in [1.82, 2.24) is 4.72 Å². The molecule has 1 saturated carbocycles. The maximum Gasteiger partial charge on any atom is 0.241 e. The van der Waals surface area contributed by atoms with Crippen molar-refractivity contribution in [2.45, 2.75) is 31.2 Å². The summed E-state index contributed by atoms with van der Waals surface area (Å²) in [4.78, 5) is -0.127. The predicted octanol–water partition coefficient (Wildman–Crippen LogP) is 1.48. The summed E-state index contributed by atoms with van der Waals surface area (Å²) in [7, 11) is -3.68. The highest BCUT2D eigenvalue weighted by Gasteiger charge is 2.47. The molecule has 0 heterocycles. The number of nitrogens with two attached hydrogens (primary N) is 1. The summed E-state index contributed by atoms with van der Waals surface area (Å²) in [5, 5.41) is 0. The van der Waals surface area contributed by atoms with Crippen LogP contribution in [0.15, 0.2) is 23.1 Å². The Morgan fingerprint density at radius 1 is 1.41 bits per heavy atom. The summed E-state index contributed by atoms with van der Waals surface area (Å²) in [5.74, 6) is -0.652. The van der Waals surface area contributed by atoms with Crippen molar-refractivity contribution in [3.63, 3.8) is 0 Å². The molecular weight excluding hydrogens is 243 g/mol. The first-order valence-electron chi connectivity index (χ1n) is 5.29. The summed E-state index contributed by atoms with van der Waals surface area (Å²) in [6, 6.07) is 3.21. The maximum atomic E-state index is 13.1. The molecule has 94 valence electrons. The highest BCUT2D eigenvalue weighted by Crippen LogP contribution is 2.45. The van der Waals surface area contributed by atoms with E-state index in [-0.39, 0.29) is 22.0 Å². The number of benzene rings is 1. The summed E-state index contributed by atoms with van der Waals surface area (Å²) in [6.07, 6.45) is 0.789. The van der Waals surface area contributed by atoms with Crippen LogP contribution in [0, 0.1) is 11.2 Å². The molecule has 0 radical (unpaired) electrons. The van der Waals surface area contributed by atoms with Crippen molar-refractivity contribution < 1.29 is 12.8 Å². The highest BCUT2D eigenvalue weighted by atomic mass is 32.2. The standard InChI is InChI=1S/C11H15FN2O2S/c1-11(2)6-10(11)14-17(15,16)9-4-7(12)3-8(13)5-9/h3-5,10,14H,6,13H2,1-2H3. The van der Waals surface area contributed by atoms with Gasteiger partial charge in [-0.15, -0.1) is 0 Å². The Labute approximate surface area is 100 Å². The van der Waals surface area contributed by atoms with Crippen LogP contribution in [-0.2, 0) is 10.0 Å². The minimum absolute atomic E-state index is 0.0219. The first-order valence-corrected chi connectivity index (χ1v) is 6.77. The number of anilines is 1. The highest BCUT2D eigenvalue weighted by molar-refractivity contribution is 7.89. The summed E-state index contributed by atoms with van der Waals surface area (Å²) in [6.45, 7) is 3.94. The van der Waals surface area contributed by atoms with Gasteiger partial charge in [0.05, 0.1) is 4.90 Å². The number of nitrogen functional groups attached to an aromatic ring is 1. The normalized spacial score (nSPS) is 22.4. The SMILES string of the molecule is CC1(C)CC1NS(=O)(=O)c1cc(N)cc(F)c1. The van der Waals surface area contributed by atoms with Crippen LogP contribution in [0.4, 0.5) is 10.1 Å². The van der Waals surface area contributed by atoms with Gasteiger partial charge in [0.1, 0.15) is 5.82 Å². The van der Waals surface area contributed by atoms with E-state index >= 15 is 0 Å². The summed E-state index contributed by atoms with van der Waals surface area (Å²) >= 11 is 0. The Morgan fingerprint density at radius 2 is 2.00 bits per heavy atom. The zero-order chi connectivity index (χ0) is 12.8. The van der Waals surface area contributed by atoms with Crippen molar-refractivity contribution in [2.75, 3.05) is 5.73 Å². The Kier molecular flexibility index (Phi) is 2.67. The molecule has 0 saturated heterocycles. The molecule has 0 aromatic heterocycles. The molecule has 0 spiro atoms. The van der Waals surface area contributed by atoms with E-state index in [1.807, 2.05) is 13.8 Å². The van der Waals surface area contributed by atoms with E-state index in [1.165, 1.54) is 6.07 Å². The molecule has 1 aliphatic carbocycles. The maximum absolute atomic E-state index is 13.1. The van der Waals surface area contributed by atoms with Gasteiger partial charge in [0.25, 0.3) is 0 Å². The fourth-order valence-electron chi connectivity index (χ4n) is 1.66. The lowest BCUT2D eigenvalue weighted by molar-refractivity contribution is 0.553. The molecule has 4 nitrogen and oxygen atoms in total. The average Bonchev–Trinajstić information content (AvgIpc) is 2.70. The number of halogens is 1. The second kappa shape index (κ2) is 3.68. The van der Waals surface area contributed by atoms with Gasteiger partial charge < -0.3 is 5.73 Å². The molecule has 1 atom stereocenters. The molecule has 1 aromatic carbocycles. The topological polar surface area (TPSA) is 72.2 Å². The lowest BCUT2D eigenvalue weighted by atomic mass is 10.2. The third kappa shape index (κ3) is 2.58. The quantitative estimate of drug-likeness (QED) is 0.807. The Balaban J connectivity index is 2.26. The van der Waals surface area contributed by atoms with Gasteiger partial charge >= 0.3 is 0 Å². The monoisotopic (exact) mass is 258 g/mol. The zero-order valence-corrected chi connectivity index (χ0v) is 10.5. The lowest BCUT2D eigenvalue weighted by Gasteiger charge is -2.09. The lowest BCUT2D eigenvalue weighted by Crippen LogP contribution is -2.28. The summed E-state index contributed by atoms with van der Waals surface area (Å²) < 4.78 is 39.5. The fraction of sp³-hybridized carbons (Fsp3) is 0.455. The van der Waals surface area contributed by atoms with Crippen LogP contribution in [0.2, 0.25) is 0 Å². The molecule has 2 rings (SSSR count). The van der Waals surface area contributed by atoms with Crippen molar-refractivity contribution >= 4 is 15.7 Å². The number of sulfonamides is 1. The molecule has 0 aliphatic heterocycles. The first kappa shape index (κ1) is 12.3. The van der Waals surface area contributed by atoms with E-state index in [0.29, 0.717) is 0 Å². The van der Waals surface area contributed by atoms with E-state index in [4.69, 9.17) is 5.73 Å². The average molecular weight is 258 g/mol. The van der Waals surface area contributed by atoms with E-state index in [9.17, 15) is 12.8 Å². The van der Waals surface area contributed by atoms with Crippen LogP contribution in [0.25, 0.3) is 0 Å². The molecule has 1 aliphatic rings. The summed E-state index contributed by atoms with van der Waals surface area (Å²) in [5.41, 5.74) is 5.50. The number of hydrogen-bond donors (Lipinski definition) is 2. The Morgan fingerprint density at radius 3 is 2.47 bits per heavy atom. The molecule has 0 bridgehead atoms. The van der Waals surface area contributed by atoms with Crippen molar-refractivity contribution in [2.24, 2.45) is 5.41 Å². The Bertz CT molecular complexity index is 534. The molecule has 0 amide bonds. The minimum Gasteiger partial charge on any atom is -0.399 e. The molecule has 17 heavy (non-hydrogen) atoms. The van der Waals surface area contributed by atoms with Gasteiger partial charge in [-0.25, -0.2) is 17.5 Å². The Hall–Kier alpha value is -1.14. The van der Waals surface area contributed by atoms with Gasteiger partial charge in [-0.05, 0) is 30.0 Å². The van der Waals surface area contributed by atoms with Crippen molar-refractivity contribution in [1.29, 1.82) is 0 Å². The van der Waals surface area contributed by atoms with E-state index in [0.717, 1.165) is 18.6 Å². The van der Waals surface area contributed by atoms with Crippen molar-refractivity contribution in [3.05, 3.63) is 24.0 Å². The number of nitrogens with one attached hydrogen (secondary N) is 1. The van der Waals surface area contributed by atoms with E-state index in [1.54, 1.807) is 0 Å². The van der Waals surface area contributed by atoms with Gasteiger partial charge in [-0.2, -0.15) is 0 Å². The fourth-order valence-corrected chi connectivity index (χ4v) is 3.14. The van der Waals surface area contributed by atoms with Crippen LogP contribution in [-0.4, -0.2) is 14.5 Å². The van der Waals surface area contributed by atoms with Crippen molar-refractivity contribution in [3.8, 4) is 0 Å². The van der Waals surface area contributed by atoms with E-state index in [2.05, 4.69) is 4.72 Å². The molecule has 1 aromatic rings. The molecule has 3 N–H and O–H groups in total. The van der Waals surface area contributed by atoms with Crippen LogP contribution < -0.4 is 10.5 Å². The second-order valence-corrected chi connectivity index (χ2v) is 6.80. The van der Waals surface area contributed by atoms with Gasteiger partial charge in [0.15, 0.2) is 0 Å². The molecule has 6 heteroatoms. The van der Waals surface area contributed by atoms with Crippen LogP contribution in [0.3, 0.4) is 0 Å². The number of hydrogen-bond acceptors (Lipinski definition) is 3. The third-order valence-electron chi connectivity index (χ3n) is 3.01. The van der Waals surface area contributed by atoms with Gasteiger partial charge in [0, 0.05) is 11.7 Å². The molecular formula is C11H15FN2O2S. The van der Waals surface area contributed by atoms with Crippen LogP contribution in [0.1, 0.15) is 20.3 Å². The minimum atomic E-state index is -3.68. The number of rotatable bonds is 3. The zero-order valence-electron chi connectivity index (χ0n) is 9.70. The first-order chi connectivity index (χ1) is 7.71. The van der Waals surface area contributed by atoms with Gasteiger partial charge in [-0.3, -0.25) is 0 Å². The third-order valence-corrected chi connectivity index (χ3v) is 4.47. The van der Waals surface area contributed by atoms with Crippen LogP contribution >= 0.6 is 0 Å². The predicted molar refractivity (Wildman–Crippen MR) is 63.3 cm³/mol. The van der Waals surface area contributed by atoms with Crippen LogP contribution in [0.5, 0.6) is 0 Å². The molecule has 1 fully saturated rings. The van der Waals surface area contributed by atoms with E-state index < -0.39 is 15.8 Å². The molecule has 1 unspecified atom stereocenters. The smallest absolute Gasteiger partial charge is 0.241 e. The second-order valence-electron chi connectivity index (χ2n) is 5.09. The van der Waals surface area contributed by atoms with Gasteiger partial charge in [-0.1, -0.05) is 13.8 Å². The largest absolute Gasteiger partial charge is 0.399 e. The van der Waals surface area contributed by atoms with Gasteiger partial charge in [0.2, 0.25) is 10.0 Å².